The third-order valence-electron chi connectivity index (χ3n) is 2.09. The summed E-state index contributed by atoms with van der Waals surface area (Å²) in [5, 5.41) is 8.97. The molecule has 0 rings (SSSR count). The van der Waals surface area contributed by atoms with Crippen molar-refractivity contribution < 1.29 is 24.2 Å². The van der Waals surface area contributed by atoms with E-state index in [-0.39, 0.29) is 12.8 Å². The van der Waals surface area contributed by atoms with Gasteiger partial charge in [0.1, 0.15) is 0 Å². The Morgan fingerprint density at radius 1 is 1.27 bits per heavy atom. The van der Waals surface area contributed by atoms with E-state index in [0.717, 1.165) is 6.92 Å². The number of ketones is 1. The summed E-state index contributed by atoms with van der Waals surface area (Å²) < 4.78 is 4.67. The van der Waals surface area contributed by atoms with Crippen LogP contribution in [0.2, 0.25) is 0 Å². The molecule has 0 saturated carbocycles. The van der Waals surface area contributed by atoms with Gasteiger partial charge in [0.15, 0.2) is 5.78 Å². The molecule has 1 N–H and O–H groups in total. The number of aliphatic carboxylic acids is 1. The van der Waals surface area contributed by atoms with Gasteiger partial charge in [0.05, 0.1) is 0 Å². The van der Waals surface area contributed by atoms with Crippen molar-refractivity contribution in [2.24, 2.45) is 0 Å². The maximum Gasteiger partial charge on any atom is 0.356 e. The number of carboxylic acid groups (broad SMARTS) is 1. The molecule has 0 heterocycles. The zero-order valence-electron chi connectivity index (χ0n) is 9.20. The number of ether oxygens (including phenoxy) is 1. The van der Waals surface area contributed by atoms with E-state index in [1.54, 1.807) is 6.92 Å². The zero-order chi connectivity index (χ0) is 12.1. The summed E-state index contributed by atoms with van der Waals surface area (Å²) in [6.45, 7) is 4.35. The normalized spacial score (nSPS) is 14.1. The topological polar surface area (TPSA) is 80.7 Å². The SMILES string of the molecule is CCCC(=O)C(CC)(OC(C)=O)C(=O)O. The van der Waals surface area contributed by atoms with Gasteiger partial charge in [-0.3, -0.25) is 9.59 Å². The fraction of sp³-hybridized carbons (Fsp3) is 0.700. The van der Waals surface area contributed by atoms with Gasteiger partial charge < -0.3 is 9.84 Å². The van der Waals surface area contributed by atoms with E-state index >= 15 is 0 Å². The van der Waals surface area contributed by atoms with Gasteiger partial charge in [0.25, 0.3) is 5.60 Å². The summed E-state index contributed by atoms with van der Waals surface area (Å²) >= 11 is 0. The van der Waals surface area contributed by atoms with Gasteiger partial charge >= 0.3 is 11.9 Å². The van der Waals surface area contributed by atoms with Crippen LogP contribution in [0.4, 0.5) is 0 Å². The molecule has 0 aromatic carbocycles. The van der Waals surface area contributed by atoms with Crippen LogP contribution >= 0.6 is 0 Å². The fourth-order valence-electron chi connectivity index (χ4n) is 1.31. The van der Waals surface area contributed by atoms with Crippen LogP contribution in [0.5, 0.6) is 0 Å². The minimum Gasteiger partial charge on any atom is -0.478 e. The summed E-state index contributed by atoms with van der Waals surface area (Å²) in [6, 6.07) is 0. The van der Waals surface area contributed by atoms with E-state index < -0.39 is 23.3 Å². The molecule has 0 fully saturated rings. The lowest BCUT2D eigenvalue weighted by molar-refractivity contribution is -0.181. The molecule has 0 aliphatic carbocycles. The van der Waals surface area contributed by atoms with E-state index in [1.807, 2.05) is 0 Å². The summed E-state index contributed by atoms with van der Waals surface area (Å²) in [4.78, 5) is 33.4. The van der Waals surface area contributed by atoms with Crippen molar-refractivity contribution in [2.75, 3.05) is 0 Å². The average Bonchev–Trinajstić information content (AvgIpc) is 2.13. The maximum absolute atomic E-state index is 11.6. The van der Waals surface area contributed by atoms with E-state index in [4.69, 9.17) is 5.11 Å². The molecule has 0 amide bonds. The molecule has 86 valence electrons. The number of Topliss-reactive ketones (excluding diaryl/α,β-unsaturated/α-hetero) is 1. The van der Waals surface area contributed by atoms with Crippen molar-refractivity contribution in [1.29, 1.82) is 0 Å². The molecular formula is C10H16O5. The number of carboxylic acids is 1. The van der Waals surface area contributed by atoms with Crippen molar-refractivity contribution in [3.63, 3.8) is 0 Å². The van der Waals surface area contributed by atoms with Crippen molar-refractivity contribution in [1.82, 2.24) is 0 Å². The van der Waals surface area contributed by atoms with Crippen LogP contribution in [0.25, 0.3) is 0 Å². The molecule has 0 radical (unpaired) electrons. The smallest absolute Gasteiger partial charge is 0.356 e. The molecule has 15 heavy (non-hydrogen) atoms. The number of rotatable bonds is 6. The van der Waals surface area contributed by atoms with Crippen LogP contribution in [-0.4, -0.2) is 28.4 Å². The van der Waals surface area contributed by atoms with Crippen LogP contribution in [0.1, 0.15) is 40.0 Å². The van der Waals surface area contributed by atoms with Gasteiger partial charge in [-0.15, -0.1) is 0 Å². The Balaban J connectivity index is 5.05. The minimum atomic E-state index is -2.00. The van der Waals surface area contributed by atoms with E-state index in [9.17, 15) is 14.4 Å². The predicted octanol–water partition coefficient (Wildman–Crippen LogP) is 1.15. The van der Waals surface area contributed by atoms with Crippen LogP contribution in [0, 0.1) is 0 Å². The molecule has 1 atom stereocenters. The Morgan fingerprint density at radius 2 is 1.80 bits per heavy atom. The third-order valence-corrected chi connectivity index (χ3v) is 2.09. The standard InChI is InChI=1S/C10H16O5/c1-4-6-8(12)10(5-2,9(13)14)15-7(3)11/h4-6H2,1-3H3,(H,13,14). The lowest BCUT2D eigenvalue weighted by Gasteiger charge is -2.25. The summed E-state index contributed by atoms with van der Waals surface area (Å²) in [5.74, 6) is -2.72. The first-order chi connectivity index (χ1) is 6.90. The highest BCUT2D eigenvalue weighted by Gasteiger charge is 2.46. The Bertz CT molecular complexity index is 271. The van der Waals surface area contributed by atoms with Crippen LogP contribution < -0.4 is 0 Å². The highest BCUT2D eigenvalue weighted by molar-refractivity contribution is 6.07. The largest absolute Gasteiger partial charge is 0.478 e. The zero-order valence-corrected chi connectivity index (χ0v) is 9.20. The van der Waals surface area contributed by atoms with Crippen LogP contribution in [0.3, 0.4) is 0 Å². The summed E-state index contributed by atoms with van der Waals surface area (Å²) in [7, 11) is 0. The lowest BCUT2D eigenvalue weighted by Crippen LogP contribution is -2.49. The van der Waals surface area contributed by atoms with Crippen molar-refractivity contribution in [3.05, 3.63) is 0 Å². The second kappa shape index (κ2) is 5.48. The first-order valence-electron chi connectivity index (χ1n) is 4.87. The van der Waals surface area contributed by atoms with Crippen LogP contribution in [0.15, 0.2) is 0 Å². The van der Waals surface area contributed by atoms with Gasteiger partial charge in [-0.25, -0.2) is 4.79 Å². The molecule has 1 unspecified atom stereocenters. The second-order valence-electron chi connectivity index (χ2n) is 3.25. The molecule has 0 aliphatic heterocycles. The summed E-state index contributed by atoms with van der Waals surface area (Å²) in [6.07, 6.45) is 0.559. The molecular weight excluding hydrogens is 200 g/mol. The molecule has 5 heteroatoms. The number of carbonyl (C=O) groups excluding carboxylic acids is 2. The van der Waals surface area contributed by atoms with Crippen molar-refractivity contribution in [3.8, 4) is 0 Å². The molecule has 0 aromatic heterocycles. The lowest BCUT2D eigenvalue weighted by atomic mass is 9.92. The van der Waals surface area contributed by atoms with Gasteiger partial charge in [-0.05, 0) is 6.42 Å². The van der Waals surface area contributed by atoms with Gasteiger partial charge in [-0.1, -0.05) is 13.8 Å². The Hall–Kier alpha value is -1.39. The molecule has 0 aliphatic rings. The van der Waals surface area contributed by atoms with Gasteiger partial charge in [0.2, 0.25) is 0 Å². The first-order valence-corrected chi connectivity index (χ1v) is 4.87. The van der Waals surface area contributed by atoms with Crippen molar-refractivity contribution >= 4 is 17.7 Å². The highest BCUT2D eigenvalue weighted by atomic mass is 16.6. The molecule has 0 aromatic rings. The van der Waals surface area contributed by atoms with E-state index in [0.29, 0.717) is 6.42 Å². The third kappa shape index (κ3) is 3.04. The van der Waals surface area contributed by atoms with E-state index in [2.05, 4.69) is 4.74 Å². The van der Waals surface area contributed by atoms with E-state index in [1.165, 1.54) is 6.92 Å². The first kappa shape index (κ1) is 13.6. The average molecular weight is 216 g/mol. The fourth-order valence-corrected chi connectivity index (χ4v) is 1.31. The quantitative estimate of drug-likeness (QED) is 0.532. The molecule has 5 nitrogen and oxygen atoms in total. The Morgan fingerprint density at radius 3 is 2.07 bits per heavy atom. The van der Waals surface area contributed by atoms with Crippen LogP contribution in [-0.2, 0) is 19.1 Å². The Labute approximate surface area is 88.4 Å². The number of hydrogen-bond acceptors (Lipinski definition) is 4. The molecule has 0 saturated heterocycles. The second-order valence-corrected chi connectivity index (χ2v) is 3.25. The van der Waals surface area contributed by atoms with Crippen molar-refractivity contribution in [2.45, 2.75) is 45.6 Å². The van der Waals surface area contributed by atoms with Gasteiger partial charge in [-0.2, -0.15) is 0 Å². The highest BCUT2D eigenvalue weighted by Crippen LogP contribution is 2.21. The van der Waals surface area contributed by atoms with Gasteiger partial charge in [0, 0.05) is 19.8 Å². The molecule has 0 spiro atoms. The molecule has 0 bridgehead atoms. The number of esters is 1. The minimum absolute atomic E-state index is 0.0548. The summed E-state index contributed by atoms with van der Waals surface area (Å²) in [5.41, 5.74) is -2.00. The predicted molar refractivity (Wildman–Crippen MR) is 52.3 cm³/mol. The maximum atomic E-state index is 11.6. The monoisotopic (exact) mass is 216 g/mol. The Kier molecular flexibility index (Phi) is 4.97. The number of hydrogen-bond donors (Lipinski definition) is 1. The number of carbonyl (C=O) groups is 3.